The summed E-state index contributed by atoms with van der Waals surface area (Å²) >= 11 is 6.37. The topological polar surface area (TPSA) is 63.7 Å². The summed E-state index contributed by atoms with van der Waals surface area (Å²) in [6.45, 7) is 1.97. The number of benzene rings is 4. The molecule has 7 rings (SSSR count). The Balaban J connectivity index is 1.54. The number of hydrogen-bond donors (Lipinski definition) is 0. The van der Waals surface area contributed by atoms with Gasteiger partial charge in [-0.1, -0.05) is 90.0 Å². The molecule has 0 radical (unpaired) electrons. The number of halogens is 1. The smallest absolute Gasteiger partial charge is 0.185 e. The van der Waals surface area contributed by atoms with E-state index in [9.17, 15) is 14.4 Å². The number of ether oxygens (including phenoxy) is 1. The van der Waals surface area contributed by atoms with Crippen LogP contribution in [0.3, 0.4) is 0 Å². The van der Waals surface area contributed by atoms with E-state index in [0.29, 0.717) is 27.5 Å². The molecule has 0 aromatic heterocycles. The molecule has 4 aromatic rings. The Morgan fingerprint density at radius 1 is 0.878 bits per heavy atom. The molecule has 2 heterocycles. The van der Waals surface area contributed by atoms with Crippen LogP contribution in [0.4, 0.5) is 5.69 Å². The molecule has 1 spiro atoms. The quantitative estimate of drug-likeness (QED) is 0.199. The highest BCUT2D eigenvalue weighted by atomic mass is 35.5. The molecule has 5 nitrogen and oxygen atoms in total. The molecule has 6 heteroatoms. The molecule has 4 aromatic carbocycles. The van der Waals surface area contributed by atoms with Gasteiger partial charge in [0.2, 0.25) is 0 Å². The van der Waals surface area contributed by atoms with Crippen molar-refractivity contribution in [3.8, 4) is 5.75 Å². The Kier molecular flexibility index (Phi) is 5.77. The van der Waals surface area contributed by atoms with Crippen LogP contribution < -0.4 is 9.64 Å². The molecule has 202 valence electrons. The van der Waals surface area contributed by atoms with Gasteiger partial charge < -0.3 is 9.64 Å². The van der Waals surface area contributed by atoms with E-state index in [-0.39, 0.29) is 17.3 Å². The first kappa shape index (κ1) is 25.5. The zero-order valence-electron chi connectivity index (χ0n) is 22.5. The fourth-order valence-corrected chi connectivity index (χ4v) is 7.20. The Morgan fingerprint density at radius 3 is 2.17 bits per heavy atom. The van der Waals surface area contributed by atoms with Crippen molar-refractivity contribution in [3.05, 3.63) is 135 Å². The fraction of sp³-hybridized carbons (Fsp3) is 0.171. The van der Waals surface area contributed by atoms with Gasteiger partial charge in [0.25, 0.3) is 0 Å². The summed E-state index contributed by atoms with van der Waals surface area (Å²) in [5.41, 5.74) is 3.13. The number of fused-ring (bicyclic) bond motifs is 5. The SMILES string of the molecule is COc1ccc([C@H]2[C@H](C(=O)c3ccc(C)cc3)N3c4ccc(Cl)cc4C=C[C@@H]3C23C(=O)c2ccccc2C3=O)cc1. The van der Waals surface area contributed by atoms with Gasteiger partial charge in [-0.2, -0.15) is 0 Å². The van der Waals surface area contributed by atoms with Crippen LogP contribution in [-0.4, -0.2) is 36.5 Å². The number of Topliss-reactive ketones (excluding diaryl/α,β-unsaturated/α-hetero) is 3. The molecule has 3 aliphatic rings. The Bertz CT molecular complexity index is 1740. The van der Waals surface area contributed by atoms with Crippen LogP contribution in [0.15, 0.2) is 97.1 Å². The van der Waals surface area contributed by atoms with Gasteiger partial charge in [-0.25, -0.2) is 0 Å². The predicted octanol–water partition coefficient (Wildman–Crippen LogP) is 6.97. The van der Waals surface area contributed by atoms with Crippen LogP contribution in [-0.2, 0) is 0 Å². The minimum Gasteiger partial charge on any atom is -0.497 e. The molecule has 41 heavy (non-hydrogen) atoms. The fourth-order valence-electron chi connectivity index (χ4n) is 7.02. The van der Waals surface area contributed by atoms with Gasteiger partial charge in [0, 0.05) is 33.3 Å². The second kappa shape index (κ2) is 9.28. The molecule has 0 N–H and O–H groups in total. The van der Waals surface area contributed by atoms with Crippen LogP contribution in [0.1, 0.15) is 53.7 Å². The van der Waals surface area contributed by atoms with E-state index in [1.54, 1.807) is 37.4 Å². The average Bonchev–Trinajstić information content (AvgIpc) is 3.43. The maximum atomic E-state index is 14.7. The summed E-state index contributed by atoms with van der Waals surface area (Å²) in [6, 6.07) is 25.8. The van der Waals surface area contributed by atoms with Crippen LogP contribution in [0.5, 0.6) is 5.75 Å². The summed E-state index contributed by atoms with van der Waals surface area (Å²) in [5.74, 6) is -0.788. The number of ketones is 3. The first-order valence-corrected chi connectivity index (χ1v) is 13.9. The second-order valence-corrected chi connectivity index (χ2v) is 11.3. The second-order valence-electron chi connectivity index (χ2n) is 10.9. The van der Waals surface area contributed by atoms with Crippen molar-refractivity contribution < 1.29 is 19.1 Å². The van der Waals surface area contributed by atoms with Crippen molar-refractivity contribution >= 4 is 40.7 Å². The van der Waals surface area contributed by atoms with E-state index in [1.165, 1.54) is 0 Å². The minimum absolute atomic E-state index is 0.152. The van der Waals surface area contributed by atoms with Gasteiger partial charge >= 0.3 is 0 Å². The number of carbonyl (C=O) groups is 3. The number of nitrogens with zero attached hydrogens (tertiary/aromatic N) is 1. The Morgan fingerprint density at radius 2 is 1.54 bits per heavy atom. The summed E-state index contributed by atoms with van der Waals surface area (Å²) in [7, 11) is 1.59. The lowest BCUT2D eigenvalue weighted by Gasteiger charge is -2.37. The first-order chi connectivity index (χ1) is 19.9. The monoisotopic (exact) mass is 559 g/mol. The van der Waals surface area contributed by atoms with Gasteiger partial charge in [-0.3, -0.25) is 14.4 Å². The molecule has 0 bridgehead atoms. The maximum Gasteiger partial charge on any atom is 0.185 e. The zero-order chi connectivity index (χ0) is 28.5. The van der Waals surface area contributed by atoms with Crippen molar-refractivity contribution in [1.29, 1.82) is 0 Å². The van der Waals surface area contributed by atoms with E-state index >= 15 is 0 Å². The lowest BCUT2D eigenvalue weighted by molar-refractivity contribution is 0.0666. The third-order valence-corrected chi connectivity index (χ3v) is 9.08. The number of carbonyl (C=O) groups excluding carboxylic acids is 3. The number of hydrogen-bond acceptors (Lipinski definition) is 5. The lowest BCUT2D eigenvalue weighted by atomic mass is 9.64. The third kappa shape index (κ3) is 3.52. The highest BCUT2D eigenvalue weighted by Crippen LogP contribution is 2.61. The van der Waals surface area contributed by atoms with Gasteiger partial charge in [-0.15, -0.1) is 0 Å². The first-order valence-electron chi connectivity index (χ1n) is 13.6. The van der Waals surface area contributed by atoms with E-state index < -0.39 is 23.4 Å². The van der Waals surface area contributed by atoms with Crippen molar-refractivity contribution in [2.45, 2.75) is 24.9 Å². The predicted molar refractivity (Wildman–Crippen MR) is 159 cm³/mol. The van der Waals surface area contributed by atoms with Crippen LogP contribution in [0.2, 0.25) is 5.02 Å². The molecule has 1 fully saturated rings. The Hall–Kier alpha value is -4.48. The lowest BCUT2D eigenvalue weighted by Crippen LogP contribution is -2.48. The van der Waals surface area contributed by atoms with E-state index in [0.717, 1.165) is 22.4 Å². The van der Waals surface area contributed by atoms with Crippen molar-refractivity contribution in [2.75, 3.05) is 12.0 Å². The van der Waals surface area contributed by atoms with Gasteiger partial charge in [0.1, 0.15) is 17.2 Å². The van der Waals surface area contributed by atoms with E-state index in [1.807, 2.05) is 84.6 Å². The molecule has 2 aliphatic heterocycles. The normalized spacial score (nSPS) is 21.5. The van der Waals surface area contributed by atoms with Crippen molar-refractivity contribution in [1.82, 2.24) is 0 Å². The van der Waals surface area contributed by atoms with Gasteiger partial charge in [-0.05, 0) is 48.4 Å². The molecule has 0 unspecified atom stereocenters. The third-order valence-electron chi connectivity index (χ3n) is 8.85. The molecule has 1 saturated heterocycles. The van der Waals surface area contributed by atoms with Gasteiger partial charge in [0.15, 0.2) is 17.3 Å². The molecule has 3 atom stereocenters. The highest BCUT2D eigenvalue weighted by Gasteiger charge is 2.71. The largest absolute Gasteiger partial charge is 0.497 e. The Labute approximate surface area is 243 Å². The van der Waals surface area contributed by atoms with Crippen LogP contribution >= 0.6 is 11.6 Å². The number of aryl methyl sites for hydroxylation is 1. The molecular weight excluding hydrogens is 534 g/mol. The van der Waals surface area contributed by atoms with Crippen molar-refractivity contribution in [2.24, 2.45) is 5.41 Å². The maximum absolute atomic E-state index is 14.7. The zero-order valence-corrected chi connectivity index (χ0v) is 23.3. The van der Waals surface area contributed by atoms with E-state index in [2.05, 4.69) is 0 Å². The van der Waals surface area contributed by atoms with E-state index in [4.69, 9.17) is 16.3 Å². The van der Waals surface area contributed by atoms with Gasteiger partial charge in [0.05, 0.1) is 13.2 Å². The highest BCUT2D eigenvalue weighted by molar-refractivity contribution is 6.32. The summed E-state index contributed by atoms with van der Waals surface area (Å²) in [4.78, 5) is 46.0. The molecule has 0 amide bonds. The molecule has 1 aliphatic carbocycles. The number of methoxy groups -OCH3 is 1. The van der Waals surface area contributed by atoms with Crippen molar-refractivity contribution in [3.63, 3.8) is 0 Å². The number of rotatable bonds is 4. The summed E-state index contributed by atoms with van der Waals surface area (Å²) in [6.07, 6.45) is 3.82. The standard InChI is InChI=1S/C35H26ClNO4/c1-20-7-9-22(10-8-20)32(38)31-30(21-11-15-25(41-2)16-12-21)35(33(39)26-5-3-4-6-27(26)34(35)40)29-18-13-23-19-24(36)14-17-28(23)37(29)31/h3-19,29-31H,1-2H3/t29-,30+,31-/m1/s1. The molecular formula is C35H26ClNO4. The minimum atomic E-state index is -1.54. The number of anilines is 1. The summed E-state index contributed by atoms with van der Waals surface area (Å²) in [5, 5.41) is 0.564. The van der Waals surface area contributed by atoms with Crippen LogP contribution in [0, 0.1) is 12.3 Å². The summed E-state index contributed by atoms with van der Waals surface area (Å²) < 4.78 is 5.41. The average molecular weight is 560 g/mol. The van der Waals surface area contributed by atoms with Crippen LogP contribution in [0.25, 0.3) is 6.08 Å². The molecule has 0 saturated carbocycles.